The van der Waals surface area contributed by atoms with Crippen molar-refractivity contribution in [1.29, 1.82) is 0 Å². The number of nitrogens with zero attached hydrogens (tertiary/aromatic N) is 2. The molecular formula is C11H13FN4O. The van der Waals surface area contributed by atoms with E-state index in [1.54, 1.807) is 32.0 Å². The smallest absolute Gasteiger partial charge is 0.245 e. The van der Waals surface area contributed by atoms with Crippen molar-refractivity contribution in [3.63, 3.8) is 0 Å². The summed E-state index contributed by atoms with van der Waals surface area (Å²) in [6, 6.07) is 5.53. The van der Waals surface area contributed by atoms with Crippen LogP contribution in [0.15, 0.2) is 34.5 Å². The van der Waals surface area contributed by atoms with Crippen LogP contribution >= 0.6 is 0 Å². The molecule has 0 aliphatic rings. The number of halogens is 1. The van der Waals surface area contributed by atoms with Crippen LogP contribution in [0.3, 0.4) is 0 Å². The second kappa shape index (κ2) is 6.37. The van der Waals surface area contributed by atoms with E-state index in [2.05, 4.69) is 21.1 Å². The first kappa shape index (κ1) is 12.8. The topological polar surface area (TPSA) is 65.8 Å². The van der Waals surface area contributed by atoms with E-state index in [0.717, 1.165) is 0 Å². The quantitative estimate of drug-likeness (QED) is 0.610. The average molecular weight is 236 g/mol. The molecule has 1 aromatic rings. The second-order valence-electron chi connectivity index (χ2n) is 3.39. The van der Waals surface area contributed by atoms with Crippen LogP contribution in [-0.4, -0.2) is 18.0 Å². The lowest BCUT2D eigenvalue weighted by molar-refractivity contribution is 0.242. The van der Waals surface area contributed by atoms with Crippen molar-refractivity contribution >= 4 is 18.0 Å². The van der Waals surface area contributed by atoms with Gasteiger partial charge in [-0.2, -0.15) is 10.2 Å². The lowest BCUT2D eigenvalue weighted by Gasteiger charge is -1.98. The van der Waals surface area contributed by atoms with E-state index in [0.29, 0.717) is 11.3 Å². The van der Waals surface area contributed by atoms with E-state index in [9.17, 15) is 9.18 Å². The Hall–Kier alpha value is -2.24. The van der Waals surface area contributed by atoms with Crippen molar-refractivity contribution in [2.75, 3.05) is 0 Å². The number of hydrogen-bond acceptors (Lipinski definition) is 3. The van der Waals surface area contributed by atoms with Crippen LogP contribution in [0.1, 0.15) is 19.4 Å². The highest BCUT2D eigenvalue weighted by atomic mass is 19.1. The van der Waals surface area contributed by atoms with Gasteiger partial charge in [0.05, 0.1) is 6.21 Å². The van der Waals surface area contributed by atoms with Crippen molar-refractivity contribution in [3.8, 4) is 0 Å². The van der Waals surface area contributed by atoms with Crippen LogP contribution < -0.4 is 10.9 Å². The first-order valence-electron chi connectivity index (χ1n) is 4.94. The molecule has 90 valence electrons. The SMILES string of the molecule is CC(C)=NNC(=O)NN=Cc1ccccc1F. The molecule has 0 saturated carbocycles. The van der Waals surface area contributed by atoms with Crippen LogP contribution in [0.4, 0.5) is 9.18 Å². The second-order valence-corrected chi connectivity index (χ2v) is 3.39. The predicted molar refractivity (Wildman–Crippen MR) is 64.4 cm³/mol. The normalized spacial score (nSPS) is 10.1. The molecule has 0 spiro atoms. The van der Waals surface area contributed by atoms with Gasteiger partial charge in [0.15, 0.2) is 0 Å². The van der Waals surface area contributed by atoms with E-state index >= 15 is 0 Å². The highest BCUT2D eigenvalue weighted by Crippen LogP contribution is 2.02. The fourth-order valence-corrected chi connectivity index (χ4v) is 0.928. The van der Waals surface area contributed by atoms with E-state index in [-0.39, 0.29) is 0 Å². The summed E-state index contributed by atoms with van der Waals surface area (Å²) in [6.45, 7) is 3.48. The molecule has 0 atom stereocenters. The van der Waals surface area contributed by atoms with Crippen LogP contribution in [0, 0.1) is 5.82 Å². The van der Waals surface area contributed by atoms with E-state index in [1.807, 2.05) is 0 Å². The Labute approximate surface area is 98.4 Å². The molecule has 2 N–H and O–H groups in total. The van der Waals surface area contributed by atoms with Gasteiger partial charge in [0.1, 0.15) is 5.82 Å². The summed E-state index contributed by atoms with van der Waals surface area (Å²) in [5, 5.41) is 7.26. The van der Waals surface area contributed by atoms with Gasteiger partial charge < -0.3 is 0 Å². The highest BCUT2D eigenvalue weighted by Gasteiger charge is 1.97. The molecule has 0 radical (unpaired) electrons. The number of amides is 2. The minimum absolute atomic E-state index is 0.294. The lowest BCUT2D eigenvalue weighted by atomic mass is 10.2. The average Bonchev–Trinajstić information content (AvgIpc) is 2.29. The molecule has 0 aliphatic heterocycles. The Morgan fingerprint density at radius 3 is 2.65 bits per heavy atom. The number of hydrogen-bond donors (Lipinski definition) is 2. The fraction of sp³-hybridized carbons (Fsp3) is 0.182. The summed E-state index contributed by atoms with van der Waals surface area (Å²) in [4.78, 5) is 11.1. The Morgan fingerprint density at radius 1 is 1.29 bits per heavy atom. The number of nitrogens with one attached hydrogen (secondary N) is 2. The van der Waals surface area contributed by atoms with Gasteiger partial charge in [-0.25, -0.2) is 20.0 Å². The number of benzene rings is 1. The summed E-state index contributed by atoms with van der Waals surface area (Å²) in [5.74, 6) is -0.402. The zero-order chi connectivity index (χ0) is 12.7. The number of hydrazone groups is 2. The number of urea groups is 1. The first-order valence-corrected chi connectivity index (χ1v) is 4.94. The van der Waals surface area contributed by atoms with Crippen LogP contribution in [0.25, 0.3) is 0 Å². The van der Waals surface area contributed by atoms with Crippen molar-refractivity contribution in [3.05, 3.63) is 35.6 Å². The minimum Gasteiger partial charge on any atom is -0.245 e. The monoisotopic (exact) mass is 236 g/mol. The van der Waals surface area contributed by atoms with Crippen molar-refractivity contribution in [2.24, 2.45) is 10.2 Å². The largest absolute Gasteiger partial charge is 0.355 e. The molecule has 0 fully saturated rings. The third-order valence-electron chi connectivity index (χ3n) is 1.66. The van der Waals surface area contributed by atoms with Crippen molar-refractivity contribution < 1.29 is 9.18 Å². The number of carbonyl (C=O) groups is 1. The van der Waals surface area contributed by atoms with Gasteiger partial charge in [0.2, 0.25) is 0 Å². The zero-order valence-electron chi connectivity index (χ0n) is 9.57. The van der Waals surface area contributed by atoms with Crippen molar-refractivity contribution in [1.82, 2.24) is 10.9 Å². The van der Waals surface area contributed by atoms with Gasteiger partial charge in [-0.15, -0.1) is 0 Å². The zero-order valence-corrected chi connectivity index (χ0v) is 9.57. The molecule has 0 bridgehead atoms. The number of rotatable bonds is 3. The summed E-state index contributed by atoms with van der Waals surface area (Å²) in [5.41, 5.74) is 5.37. The van der Waals surface area contributed by atoms with E-state index in [1.165, 1.54) is 12.3 Å². The van der Waals surface area contributed by atoms with Crippen molar-refractivity contribution in [2.45, 2.75) is 13.8 Å². The van der Waals surface area contributed by atoms with E-state index in [4.69, 9.17) is 0 Å². The molecule has 1 rings (SSSR count). The van der Waals surface area contributed by atoms with Crippen LogP contribution in [0.5, 0.6) is 0 Å². The Balaban J connectivity index is 2.48. The lowest BCUT2D eigenvalue weighted by Crippen LogP contribution is -2.28. The molecule has 5 nitrogen and oxygen atoms in total. The maximum absolute atomic E-state index is 13.1. The van der Waals surface area contributed by atoms with Gasteiger partial charge in [0.25, 0.3) is 0 Å². The molecule has 0 heterocycles. The molecule has 2 amide bonds. The van der Waals surface area contributed by atoms with Gasteiger partial charge >= 0.3 is 6.03 Å². The maximum Gasteiger partial charge on any atom is 0.355 e. The summed E-state index contributed by atoms with van der Waals surface area (Å²) in [6.07, 6.45) is 1.22. The molecular weight excluding hydrogens is 223 g/mol. The molecule has 0 aliphatic carbocycles. The van der Waals surface area contributed by atoms with Crippen LogP contribution in [-0.2, 0) is 0 Å². The molecule has 0 unspecified atom stereocenters. The Morgan fingerprint density at radius 2 is 2.00 bits per heavy atom. The summed E-state index contributed by atoms with van der Waals surface area (Å²) < 4.78 is 13.1. The molecule has 6 heteroatoms. The molecule has 0 saturated heterocycles. The number of carbonyl (C=O) groups excluding carboxylic acids is 1. The summed E-state index contributed by atoms with van der Waals surface area (Å²) in [7, 11) is 0. The van der Waals surface area contributed by atoms with Gasteiger partial charge in [0, 0.05) is 11.3 Å². The first-order chi connectivity index (χ1) is 8.09. The molecule has 17 heavy (non-hydrogen) atoms. The Bertz CT molecular complexity index is 453. The van der Waals surface area contributed by atoms with Gasteiger partial charge in [-0.1, -0.05) is 18.2 Å². The van der Waals surface area contributed by atoms with Crippen LogP contribution in [0.2, 0.25) is 0 Å². The third-order valence-corrected chi connectivity index (χ3v) is 1.66. The molecule has 0 aromatic heterocycles. The van der Waals surface area contributed by atoms with Gasteiger partial charge in [-0.3, -0.25) is 0 Å². The standard InChI is InChI=1S/C11H13FN4O/c1-8(2)14-16-11(17)15-13-7-9-5-3-4-6-10(9)12/h3-7H,1-2H3,(H2,15,16,17). The maximum atomic E-state index is 13.1. The highest BCUT2D eigenvalue weighted by molar-refractivity contribution is 5.83. The summed E-state index contributed by atoms with van der Waals surface area (Å²) >= 11 is 0. The molecule has 1 aromatic carbocycles. The fourth-order valence-electron chi connectivity index (χ4n) is 0.928. The van der Waals surface area contributed by atoms with Gasteiger partial charge in [-0.05, 0) is 19.9 Å². The Kier molecular flexibility index (Phi) is 4.80. The van der Waals surface area contributed by atoms with E-state index < -0.39 is 11.8 Å². The minimum atomic E-state index is -0.584. The third kappa shape index (κ3) is 4.87. The predicted octanol–water partition coefficient (Wildman–Crippen LogP) is 1.85.